The van der Waals surface area contributed by atoms with Gasteiger partial charge in [0.25, 0.3) is 5.89 Å². The van der Waals surface area contributed by atoms with E-state index in [2.05, 4.69) is 20.5 Å². The molecule has 5 nitrogen and oxygen atoms in total. The average Bonchev–Trinajstić information content (AvgIpc) is 3.08. The Morgan fingerprint density at radius 2 is 1.90 bits per heavy atom. The van der Waals surface area contributed by atoms with Crippen LogP contribution in [0.2, 0.25) is 0 Å². The van der Waals surface area contributed by atoms with E-state index in [4.69, 9.17) is 4.42 Å². The molecule has 108 valence electrons. The fourth-order valence-electron chi connectivity index (χ4n) is 2.25. The number of thiazole rings is 1. The molecule has 3 rings (SSSR count). The second kappa shape index (κ2) is 5.75. The van der Waals surface area contributed by atoms with Crippen LogP contribution < -0.4 is 5.32 Å². The zero-order chi connectivity index (χ0) is 14.8. The molecule has 0 saturated heterocycles. The van der Waals surface area contributed by atoms with Gasteiger partial charge in [-0.3, -0.25) is 0 Å². The van der Waals surface area contributed by atoms with Gasteiger partial charge in [0.1, 0.15) is 10.9 Å². The Morgan fingerprint density at radius 3 is 2.52 bits per heavy atom. The fourth-order valence-corrected chi connectivity index (χ4v) is 3.09. The van der Waals surface area contributed by atoms with Crippen molar-refractivity contribution < 1.29 is 4.42 Å². The third-order valence-corrected chi connectivity index (χ3v) is 4.27. The lowest BCUT2D eigenvalue weighted by atomic mass is 10.1. The maximum atomic E-state index is 5.86. The second-order valence-electron chi connectivity index (χ2n) is 4.73. The summed E-state index contributed by atoms with van der Waals surface area (Å²) in [6.45, 7) is 3.92. The van der Waals surface area contributed by atoms with Crippen LogP contribution in [-0.4, -0.2) is 22.2 Å². The summed E-state index contributed by atoms with van der Waals surface area (Å²) < 4.78 is 5.86. The molecule has 0 fully saturated rings. The summed E-state index contributed by atoms with van der Waals surface area (Å²) in [6.07, 6.45) is 0. The number of hydrogen-bond donors (Lipinski definition) is 1. The predicted octanol–water partition coefficient (Wildman–Crippen LogP) is 3.12. The molecule has 1 atom stereocenters. The molecular formula is C15H16N4OS. The maximum absolute atomic E-state index is 5.86. The molecule has 1 unspecified atom stereocenters. The Morgan fingerprint density at radius 1 is 1.14 bits per heavy atom. The SMILES string of the molecule is CNC(c1ccccc1)c1nnc(-c2sc(C)nc2C)o1. The normalized spacial score (nSPS) is 12.5. The number of hydrogen-bond acceptors (Lipinski definition) is 6. The van der Waals surface area contributed by atoms with E-state index < -0.39 is 0 Å². The van der Waals surface area contributed by atoms with E-state index in [-0.39, 0.29) is 6.04 Å². The molecular weight excluding hydrogens is 284 g/mol. The monoisotopic (exact) mass is 300 g/mol. The summed E-state index contributed by atoms with van der Waals surface area (Å²) >= 11 is 1.57. The first-order chi connectivity index (χ1) is 10.2. The van der Waals surface area contributed by atoms with Gasteiger partial charge < -0.3 is 9.73 Å². The summed E-state index contributed by atoms with van der Waals surface area (Å²) in [7, 11) is 1.88. The van der Waals surface area contributed by atoms with Gasteiger partial charge in [-0.2, -0.15) is 0 Å². The van der Waals surface area contributed by atoms with Gasteiger partial charge in [-0.05, 0) is 26.5 Å². The van der Waals surface area contributed by atoms with Crippen LogP contribution in [0.25, 0.3) is 10.8 Å². The van der Waals surface area contributed by atoms with Crippen LogP contribution in [0.15, 0.2) is 34.7 Å². The minimum atomic E-state index is -0.109. The first kappa shape index (κ1) is 13.9. The lowest BCUT2D eigenvalue weighted by Gasteiger charge is -2.11. The van der Waals surface area contributed by atoms with Gasteiger partial charge in [-0.1, -0.05) is 30.3 Å². The number of nitrogens with one attached hydrogen (secondary N) is 1. The van der Waals surface area contributed by atoms with Gasteiger partial charge in [0.05, 0.1) is 10.7 Å². The standard InChI is InChI=1S/C15H16N4OS/c1-9-13(21-10(2)17-9)15-19-18-14(20-15)12(16-3)11-7-5-4-6-8-11/h4-8,12,16H,1-3H3. The fraction of sp³-hybridized carbons (Fsp3) is 0.267. The van der Waals surface area contributed by atoms with Crippen LogP contribution in [0.4, 0.5) is 0 Å². The van der Waals surface area contributed by atoms with Crippen LogP contribution in [0.3, 0.4) is 0 Å². The molecule has 2 aromatic heterocycles. The van der Waals surface area contributed by atoms with Crippen molar-refractivity contribution in [2.75, 3.05) is 7.05 Å². The summed E-state index contributed by atoms with van der Waals surface area (Å²) in [5, 5.41) is 12.6. The highest BCUT2D eigenvalue weighted by atomic mass is 32.1. The molecule has 0 radical (unpaired) electrons. The molecule has 1 N–H and O–H groups in total. The van der Waals surface area contributed by atoms with Gasteiger partial charge in [-0.15, -0.1) is 21.5 Å². The molecule has 0 aliphatic heterocycles. The minimum absolute atomic E-state index is 0.109. The summed E-state index contributed by atoms with van der Waals surface area (Å²) in [4.78, 5) is 5.33. The van der Waals surface area contributed by atoms with Crippen LogP contribution in [0, 0.1) is 13.8 Å². The van der Waals surface area contributed by atoms with Crippen molar-refractivity contribution >= 4 is 11.3 Å². The van der Waals surface area contributed by atoms with Crippen LogP contribution in [0.1, 0.15) is 28.2 Å². The highest BCUT2D eigenvalue weighted by Crippen LogP contribution is 2.30. The third kappa shape index (κ3) is 2.72. The van der Waals surface area contributed by atoms with Crippen molar-refractivity contribution in [3.8, 4) is 10.8 Å². The summed E-state index contributed by atoms with van der Waals surface area (Å²) in [6, 6.07) is 9.93. The Bertz CT molecular complexity index is 735. The highest BCUT2D eigenvalue weighted by Gasteiger charge is 2.21. The van der Waals surface area contributed by atoms with Crippen LogP contribution in [0.5, 0.6) is 0 Å². The molecule has 0 amide bonds. The van der Waals surface area contributed by atoms with Crippen LogP contribution >= 0.6 is 11.3 Å². The largest absolute Gasteiger partial charge is 0.418 e. The molecule has 0 bridgehead atoms. The van der Waals surface area contributed by atoms with E-state index in [0.29, 0.717) is 11.8 Å². The lowest BCUT2D eigenvalue weighted by Crippen LogP contribution is -2.17. The van der Waals surface area contributed by atoms with E-state index in [1.165, 1.54) is 0 Å². The van der Waals surface area contributed by atoms with Crippen molar-refractivity contribution in [2.24, 2.45) is 0 Å². The second-order valence-corrected chi connectivity index (χ2v) is 5.93. The summed E-state index contributed by atoms with van der Waals surface area (Å²) in [5.74, 6) is 1.09. The first-order valence-electron chi connectivity index (χ1n) is 6.69. The Hall–Kier alpha value is -2.05. The van der Waals surface area contributed by atoms with E-state index >= 15 is 0 Å². The molecule has 1 aromatic carbocycles. The van der Waals surface area contributed by atoms with Crippen molar-refractivity contribution in [3.05, 3.63) is 52.5 Å². The smallest absolute Gasteiger partial charge is 0.259 e. The van der Waals surface area contributed by atoms with Gasteiger partial charge in [0.15, 0.2) is 0 Å². The maximum Gasteiger partial charge on any atom is 0.259 e. The molecule has 0 saturated carbocycles. The zero-order valence-electron chi connectivity index (χ0n) is 12.1. The number of aromatic nitrogens is 3. The van der Waals surface area contributed by atoms with E-state index in [1.807, 2.05) is 51.2 Å². The van der Waals surface area contributed by atoms with E-state index in [1.54, 1.807) is 11.3 Å². The number of nitrogens with zero attached hydrogens (tertiary/aromatic N) is 3. The number of aryl methyl sites for hydroxylation is 2. The van der Waals surface area contributed by atoms with Crippen LogP contribution in [-0.2, 0) is 0 Å². The topological polar surface area (TPSA) is 63.8 Å². The van der Waals surface area contributed by atoms with Gasteiger partial charge in [-0.25, -0.2) is 4.98 Å². The molecule has 21 heavy (non-hydrogen) atoms. The Balaban J connectivity index is 1.95. The minimum Gasteiger partial charge on any atom is -0.418 e. The average molecular weight is 300 g/mol. The van der Waals surface area contributed by atoms with Crippen molar-refractivity contribution in [1.82, 2.24) is 20.5 Å². The third-order valence-electron chi connectivity index (χ3n) is 3.21. The molecule has 6 heteroatoms. The molecule has 0 aliphatic rings. The predicted molar refractivity (Wildman–Crippen MR) is 82.2 cm³/mol. The van der Waals surface area contributed by atoms with Gasteiger partial charge in [0.2, 0.25) is 5.89 Å². The van der Waals surface area contributed by atoms with Crippen molar-refractivity contribution in [1.29, 1.82) is 0 Å². The zero-order valence-corrected chi connectivity index (χ0v) is 12.9. The first-order valence-corrected chi connectivity index (χ1v) is 7.50. The highest BCUT2D eigenvalue weighted by molar-refractivity contribution is 7.15. The lowest BCUT2D eigenvalue weighted by molar-refractivity contribution is 0.456. The summed E-state index contributed by atoms with van der Waals surface area (Å²) in [5.41, 5.74) is 2.01. The van der Waals surface area contributed by atoms with Crippen molar-refractivity contribution in [2.45, 2.75) is 19.9 Å². The quantitative estimate of drug-likeness (QED) is 0.802. The Kier molecular flexibility index (Phi) is 3.81. The molecule has 0 aliphatic carbocycles. The molecule has 0 spiro atoms. The number of rotatable bonds is 4. The number of benzene rings is 1. The van der Waals surface area contributed by atoms with Crippen molar-refractivity contribution in [3.63, 3.8) is 0 Å². The Labute approximate surface area is 127 Å². The van der Waals surface area contributed by atoms with Gasteiger partial charge in [0, 0.05) is 0 Å². The van der Waals surface area contributed by atoms with E-state index in [0.717, 1.165) is 21.1 Å². The molecule has 3 aromatic rings. The molecule has 2 heterocycles. The van der Waals surface area contributed by atoms with E-state index in [9.17, 15) is 0 Å². The van der Waals surface area contributed by atoms with Gasteiger partial charge >= 0.3 is 0 Å².